The van der Waals surface area contributed by atoms with Gasteiger partial charge in [-0.1, -0.05) is 30.3 Å². The summed E-state index contributed by atoms with van der Waals surface area (Å²) in [6.45, 7) is 1.50. The first kappa shape index (κ1) is 9.16. The van der Waals surface area contributed by atoms with Gasteiger partial charge in [-0.25, -0.2) is 0 Å². The van der Waals surface area contributed by atoms with E-state index >= 15 is 0 Å². The van der Waals surface area contributed by atoms with Crippen LogP contribution in [0.2, 0.25) is 0 Å². The monoisotopic (exact) mass is 188 g/mol. The van der Waals surface area contributed by atoms with Crippen molar-refractivity contribution in [2.24, 2.45) is 0 Å². The molecule has 0 radical (unpaired) electrons. The smallest absolute Gasteiger partial charge is 0.150 e. The summed E-state index contributed by atoms with van der Waals surface area (Å²) in [4.78, 5) is 10.5. The molecule has 1 aliphatic rings. The van der Waals surface area contributed by atoms with Crippen molar-refractivity contribution in [1.29, 1.82) is 0 Å². The lowest BCUT2D eigenvalue weighted by atomic mass is 10.0. The maximum Gasteiger partial charge on any atom is 0.150 e. The first-order valence-corrected chi connectivity index (χ1v) is 4.72. The van der Waals surface area contributed by atoms with Crippen LogP contribution in [-0.4, -0.2) is 19.5 Å². The third kappa shape index (κ3) is 1.91. The van der Waals surface area contributed by atoms with Gasteiger partial charge in [0, 0.05) is 5.56 Å². The Balaban J connectivity index is 2.23. The summed E-state index contributed by atoms with van der Waals surface area (Å²) < 4.78 is 5.36. The van der Waals surface area contributed by atoms with Gasteiger partial charge in [-0.2, -0.15) is 0 Å². The van der Waals surface area contributed by atoms with Gasteiger partial charge in [0.2, 0.25) is 0 Å². The summed E-state index contributed by atoms with van der Waals surface area (Å²) in [7, 11) is 0. The molecule has 0 N–H and O–H groups in total. The fraction of sp³-hybridized carbons (Fsp3) is 0.250. The zero-order valence-electron chi connectivity index (χ0n) is 7.90. The van der Waals surface area contributed by atoms with Crippen molar-refractivity contribution >= 4 is 11.9 Å². The molecule has 0 atom stereocenters. The molecule has 1 aromatic rings. The molecule has 0 aliphatic carbocycles. The number of hydrogen-bond acceptors (Lipinski definition) is 2. The maximum atomic E-state index is 10.5. The van der Waals surface area contributed by atoms with Crippen molar-refractivity contribution in [2.75, 3.05) is 13.2 Å². The fourth-order valence-electron chi connectivity index (χ4n) is 1.53. The Hall–Kier alpha value is -1.41. The number of carbonyl (C=O) groups is 1. The minimum absolute atomic E-state index is 0.681. The minimum atomic E-state index is 0.681. The largest absolute Gasteiger partial charge is 0.376 e. The van der Waals surface area contributed by atoms with Gasteiger partial charge < -0.3 is 4.74 Å². The summed E-state index contributed by atoms with van der Waals surface area (Å²) >= 11 is 0. The Bertz CT molecular complexity index is 349. The van der Waals surface area contributed by atoms with Crippen molar-refractivity contribution in [2.45, 2.75) is 6.42 Å². The number of aldehydes is 1. The predicted octanol–water partition coefficient (Wildman–Crippen LogP) is 2.30. The third-order valence-corrected chi connectivity index (χ3v) is 2.33. The third-order valence-electron chi connectivity index (χ3n) is 2.33. The molecule has 0 saturated carbocycles. The highest BCUT2D eigenvalue weighted by atomic mass is 16.5. The molecule has 1 heterocycles. The Morgan fingerprint density at radius 1 is 1.21 bits per heavy atom. The number of ether oxygens (including phenoxy) is 1. The predicted molar refractivity (Wildman–Crippen MR) is 55.2 cm³/mol. The standard InChI is InChI=1S/C12H12O2/c13-8-10-3-5-11(6-4-10)12-2-1-7-14-9-12/h2-6,8H,1,7,9H2. The summed E-state index contributed by atoms with van der Waals surface area (Å²) in [6, 6.07) is 7.59. The second-order valence-corrected chi connectivity index (χ2v) is 3.31. The van der Waals surface area contributed by atoms with Crippen molar-refractivity contribution in [1.82, 2.24) is 0 Å². The Morgan fingerprint density at radius 2 is 2.00 bits per heavy atom. The lowest BCUT2D eigenvalue weighted by Gasteiger charge is -2.13. The van der Waals surface area contributed by atoms with E-state index in [0.29, 0.717) is 12.2 Å². The van der Waals surface area contributed by atoms with E-state index in [2.05, 4.69) is 6.08 Å². The van der Waals surface area contributed by atoms with Crippen LogP contribution in [-0.2, 0) is 4.74 Å². The molecular weight excluding hydrogens is 176 g/mol. The lowest BCUT2D eigenvalue weighted by molar-refractivity contribution is 0.112. The topological polar surface area (TPSA) is 26.3 Å². The van der Waals surface area contributed by atoms with Crippen LogP contribution in [0.5, 0.6) is 0 Å². The molecule has 0 bridgehead atoms. The van der Waals surface area contributed by atoms with Gasteiger partial charge in [0.25, 0.3) is 0 Å². The molecule has 2 rings (SSSR count). The van der Waals surface area contributed by atoms with Crippen molar-refractivity contribution < 1.29 is 9.53 Å². The van der Waals surface area contributed by atoms with Gasteiger partial charge in [0.15, 0.2) is 0 Å². The Morgan fingerprint density at radius 3 is 2.57 bits per heavy atom. The van der Waals surface area contributed by atoms with Crippen LogP contribution in [0.4, 0.5) is 0 Å². The number of benzene rings is 1. The van der Waals surface area contributed by atoms with E-state index in [1.807, 2.05) is 24.3 Å². The molecule has 1 aromatic carbocycles. The van der Waals surface area contributed by atoms with E-state index in [9.17, 15) is 4.79 Å². The van der Waals surface area contributed by atoms with Gasteiger partial charge in [-0.05, 0) is 17.6 Å². The van der Waals surface area contributed by atoms with E-state index in [4.69, 9.17) is 4.74 Å². The normalized spacial score (nSPS) is 16.1. The van der Waals surface area contributed by atoms with Gasteiger partial charge in [-0.3, -0.25) is 4.79 Å². The van der Waals surface area contributed by atoms with E-state index in [0.717, 1.165) is 24.9 Å². The first-order chi connectivity index (χ1) is 6.90. The molecule has 2 heteroatoms. The second-order valence-electron chi connectivity index (χ2n) is 3.31. The molecule has 0 fully saturated rings. The van der Waals surface area contributed by atoms with Crippen LogP contribution in [0.25, 0.3) is 5.57 Å². The molecule has 1 aliphatic heterocycles. The van der Waals surface area contributed by atoms with Gasteiger partial charge in [-0.15, -0.1) is 0 Å². The summed E-state index contributed by atoms with van der Waals surface area (Å²) in [6.07, 6.45) is 4.03. The number of rotatable bonds is 2. The van der Waals surface area contributed by atoms with Gasteiger partial charge in [0.1, 0.15) is 6.29 Å². The van der Waals surface area contributed by atoms with E-state index in [1.165, 1.54) is 5.57 Å². The summed E-state index contributed by atoms with van der Waals surface area (Å²) in [5.41, 5.74) is 3.08. The van der Waals surface area contributed by atoms with Crippen LogP contribution < -0.4 is 0 Å². The average Bonchev–Trinajstić information content (AvgIpc) is 2.30. The van der Waals surface area contributed by atoms with E-state index in [-0.39, 0.29) is 0 Å². The quantitative estimate of drug-likeness (QED) is 0.666. The highest BCUT2D eigenvalue weighted by Gasteiger charge is 2.05. The molecule has 72 valence electrons. The molecular formula is C12H12O2. The molecule has 0 spiro atoms. The van der Waals surface area contributed by atoms with E-state index in [1.54, 1.807) is 0 Å². The highest BCUT2D eigenvalue weighted by molar-refractivity contribution is 5.76. The van der Waals surface area contributed by atoms with E-state index < -0.39 is 0 Å². The summed E-state index contributed by atoms with van der Waals surface area (Å²) in [5, 5.41) is 0. The zero-order chi connectivity index (χ0) is 9.80. The van der Waals surface area contributed by atoms with Crippen LogP contribution in [0.3, 0.4) is 0 Å². The molecule has 2 nitrogen and oxygen atoms in total. The van der Waals surface area contributed by atoms with Crippen LogP contribution in [0.15, 0.2) is 30.3 Å². The van der Waals surface area contributed by atoms with Crippen LogP contribution >= 0.6 is 0 Å². The van der Waals surface area contributed by atoms with Crippen molar-refractivity contribution in [3.05, 3.63) is 41.5 Å². The maximum absolute atomic E-state index is 10.5. The molecule has 0 saturated heterocycles. The highest BCUT2D eigenvalue weighted by Crippen LogP contribution is 2.18. The van der Waals surface area contributed by atoms with Gasteiger partial charge in [0.05, 0.1) is 13.2 Å². The summed E-state index contributed by atoms with van der Waals surface area (Å²) in [5.74, 6) is 0. The second kappa shape index (κ2) is 4.20. The molecule has 14 heavy (non-hydrogen) atoms. The zero-order valence-corrected chi connectivity index (χ0v) is 7.90. The van der Waals surface area contributed by atoms with Gasteiger partial charge >= 0.3 is 0 Å². The van der Waals surface area contributed by atoms with Crippen LogP contribution in [0, 0.1) is 0 Å². The Kier molecular flexibility index (Phi) is 2.75. The van der Waals surface area contributed by atoms with Crippen molar-refractivity contribution in [3.8, 4) is 0 Å². The molecule has 0 unspecified atom stereocenters. The molecule has 0 amide bonds. The average molecular weight is 188 g/mol. The number of carbonyl (C=O) groups excluding carboxylic acids is 1. The minimum Gasteiger partial charge on any atom is -0.376 e. The molecule has 0 aromatic heterocycles. The Labute approximate surface area is 83.2 Å². The van der Waals surface area contributed by atoms with Crippen molar-refractivity contribution in [3.63, 3.8) is 0 Å². The van der Waals surface area contributed by atoms with Crippen LogP contribution in [0.1, 0.15) is 22.3 Å². The number of hydrogen-bond donors (Lipinski definition) is 0. The lowest BCUT2D eigenvalue weighted by Crippen LogP contribution is -2.04. The fourth-order valence-corrected chi connectivity index (χ4v) is 1.53. The first-order valence-electron chi connectivity index (χ1n) is 4.72. The SMILES string of the molecule is O=Cc1ccc(C2=CCCOC2)cc1.